The molecule has 156 valence electrons. The molecule has 0 spiro atoms. The first kappa shape index (κ1) is 20.1. The molecule has 3 aromatic rings. The first-order valence-corrected chi connectivity index (χ1v) is 10.8. The van der Waals surface area contributed by atoms with E-state index in [0.29, 0.717) is 16.7 Å². The van der Waals surface area contributed by atoms with Crippen LogP contribution < -0.4 is 10.1 Å². The second-order valence-electron chi connectivity index (χ2n) is 6.78. The van der Waals surface area contributed by atoms with E-state index in [-0.39, 0.29) is 11.6 Å². The molecule has 0 saturated heterocycles. The fourth-order valence-electron chi connectivity index (χ4n) is 3.11. The second-order valence-corrected chi connectivity index (χ2v) is 7.84. The summed E-state index contributed by atoms with van der Waals surface area (Å²) in [6.07, 6.45) is 3.87. The van der Waals surface area contributed by atoms with Crippen molar-refractivity contribution in [3.05, 3.63) is 52.3 Å². The summed E-state index contributed by atoms with van der Waals surface area (Å²) in [5.74, 6) is 1.14. The molecule has 30 heavy (non-hydrogen) atoms. The van der Waals surface area contributed by atoms with E-state index in [2.05, 4.69) is 27.4 Å². The van der Waals surface area contributed by atoms with Gasteiger partial charge in [-0.05, 0) is 18.6 Å². The van der Waals surface area contributed by atoms with E-state index >= 15 is 0 Å². The van der Waals surface area contributed by atoms with Crippen LogP contribution >= 0.6 is 11.8 Å². The molecule has 1 atom stereocenters. The molecule has 0 unspecified atom stereocenters. The average molecular weight is 427 g/mol. The maximum Gasteiger partial charge on any atom is 0.433 e. The lowest BCUT2D eigenvalue weighted by Gasteiger charge is -2.16. The summed E-state index contributed by atoms with van der Waals surface area (Å²) in [5.41, 5.74) is 2.05. The third-order valence-corrected chi connectivity index (χ3v) is 5.54. The molecule has 2 aromatic heterocycles. The van der Waals surface area contributed by atoms with Gasteiger partial charge in [0.1, 0.15) is 4.92 Å². The average Bonchev–Trinajstić information content (AvgIpc) is 3.18. The Morgan fingerprint density at radius 3 is 2.83 bits per heavy atom. The Balaban J connectivity index is 1.62. The van der Waals surface area contributed by atoms with Crippen LogP contribution in [-0.2, 0) is 0 Å². The van der Waals surface area contributed by atoms with Crippen LogP contribution in [0.25, 0.3) is 11.3 Å². The Hall–Kier alpha value is -3.14. The topological polar surface area (TPSA) is 116 Å². The highest BCUT2D eigenvalue weighted by atomic mass is 32.2. The van der Waals surface area contributed by atoms with Gasteiger partial charge in [-0.25, -0.2) is 0 Å². The first-order chi connectivity index (χ1) is 14.7. The van der Waals surface area contributed by atoms with Crippen molar-refractivity contribution in [1.29, 1.82) is 0 Å². The monoisotopic (exact) mass is 427 g/mol. The van der Waals surface area contributed by atoms with E-state index in [1.54, 1.807) is 0 Å². The quantitative estimate of drug-likeness (QED) is 0.223. The molecule has 0 fully saturated rings. The fourth-order valence-corrected chi connectivity index (χ4v) is 3.89. The Morgan fingerprint density at radius 2 is 2.03 bits per heavy atom. The zero-order valence-corrected chi connectivity index (χ0v) is 17.2. The smallest absolute Gasteiger partial charge is 0.433 e. The standard InChI is InChI=1S/C20H21N5O4S/c1-2-3-4-7-12-30-20-22-19-17(23-24-20)13-8-5-6-9-14(13)21-18(29-19)15-10-11-16(28-15)25(26)27/h5-6,8-11,18,21H,2-4,7,12H2,1H3/t18-/m0/s1. The molecule has 0 saturated carbocycles. The minimum atomic E-state index is -0.791. The van der Waals surface area contributed by atoms with Crippen LogP contribution in [-0.4, -0.2) is 25.9 Å². The number of hydrogen-bond donors (Lipinski definition) is 1. The molecule has 0 bridgehead atoms. The predicted octanol–water partition coefficient (Wildman–Crippen LogP) is 5.22. The van der Waals surface area contributed by atoms with Gasteiger partial charge in [0.05, 0.1) is 6.07 Å². The van der Waals surface area contributed by atoms with Crippen LogP contribution in [0.15, 0.2) is 46.0 Å². The summed E-state index contributed by atoms with van der Waals surface area (Å²) in [6, 6.07) is 10.3. The Kier molecular flexibility index (Phi) is 6.12. The van der Waals surface area contributed by atoms with Gasteiger partial charge in [-0.15, -0.1) is 10.2 Å². The van der Waals surface area contributed by atoms with E-state index < -0.39 is 11.2 Å². The van der Waals surface area contributed by atoms with Crippen molar-refractivity contribution in [1.82, 2.24) is 15.2 Å². The zero-order chi connectivity index (χ0) is 20.9. The number of rotatable bonds is 8. The number of aromatic nitrogens is 3. The molecule has 0 aliphatic carbocycles. The minimum Gasteiger partial charge on any atom is -0.444 e. The van der Waals surface area contributed by atoms with Crippen molar-refractivity contribution in [2.24, 2.45) is 0 Å². The normalized spacial score (nSPS) is 14.8. The molecular weight excluding hydrogens is 406 g/mol. The lowest BCUT2D eigenvalue weighted by molar-refractivity contribution is -0.402. The molecule has 0 radical (unpaired) electrons. The molecule has 1 aliphatic rings. The summed E-state index contributed by atoms with van der Waals surface area (Å²) in [7, 11) is 0. The van der Waals surface area contributed by atoms with Crippen molar-refractivity contribution in [3.8, 4) is 17.1 Å². The number of para-hydroxylation sites is 1. The van der Waals surface area contributed by atoms with E-state index in [0.717, 1.165) is 23.4 Å². The number of thioether (sulfide) groups is 1. The molecule has 4 rings (SSSR count). The van der Waals surface area contributed by atoms with Gasteiger partial charge >= 0.3 is 5.88 Å². The number of ether oxygens (including phenoxy) is 1. The van der Waals surface area contributed by atoms with E-state index in [4.69, 9.17) is 9.15 Å². The Bertz CT molecular complexity index is 1040. The third kappa shape index (κ3) is 4.38. The van der Waals surface area contributed by atoms with Crippen LogP contribution in [0.4, 0.5) is 11.6 Å². The Morgan fingerprint density at radius 1 is 1.17 bits per heavy atom. The van der Waals surface area contributed by atoms with Crippen LogP contribution in [0.1, 0.15) is 44.6 Å². The maximum atomic E-state index is 11.0. The highest BCUT2D eigenvalue weighted by Gasteiger charge is 2.29. The number of nitrogens with one attached hydrogen (secondary N) is 1. The summed E-state index contributed by atoms with van der Waals surface area (Å²) in [6.45, 7) is 2.18. The number of anilines is 1. The van der Waals surface area contributed by atoms with Crippen LogP contribution in [0.3, 0.4) is 0 Å². The van der Waals surface area contributed by atoms with Crippen molar-refractivity contribution >= 4 is 23.3 Å². The fraction of sp³-hybridized carbons (Fsp3) is 0.350. The van der Waals surface area contributed by atoms with Gasteiger partial charge in [0, 0.05) is 17.0 Å². The van der Waals surface area contributed by atoms with Gasteiger partial charge in [0.2, 0.25) is 17.3 Å². The van der Waals surface area contributed by atoms with Crippen molar-refractivity contribution in [2.75, 3.05) is 11.1 Å². The molecule has 1 aromatic carbocycles. The molecule has 1 N–H and O–H groups in total. The third-order valence-electron chi connectivity index (χ3n) is 4.61. The molecular formula is C20H21N5O4S. The van der Waals surface area contributed by atoms with Gasteiger partial charge in [-0.3, -0.25) is 10.1 Å². The number of fused-ring (bicyclic) bond motifs is 3. The lowest BCUT2D eigenvalue weighted by atomic mass is 10.1. The number of furan rings is 1. The predicted molar refractivity (Wildman–Crippen MR) is 112 cm³/mol. The summed E-state index contributed by atoms with van der Waals surface area (Å²) >= 11 is 1.54. The largest absolute Gasteiger partial charge is 0.444 e. The Labute approximate surface area is 177 Å². The highest BCUT2D eigenvalue weighted by molar-refractivity contribution is 7.99. The summed E-state index contributed by atoms with van der Waals surface area (Å²) in [5, 5.41) is 23.4. The van der Waals surface area contributed by atoms with E-state index in [9.17, 15) is 10.1 Å². The van der Waals surface area contributed by atoms with Crippen molar-refractivity contribution < 1.29 is 14.1 Å². The second kappa shape index (κ2) is 9.12. The van der Waals surface area contributed by atoms with Crippen LogP contribution in [0, 0.1) is 10.1 Å². The molecule has 0 amide bonds. The summed E-state index contributed by atoms with van der Waals surface area (Å²) < 4.78 is 11.4. The minimum absolute atomic E-state index is 0.275. The van der Waals surface area contributed by atoms with E-state index in [1.165, 1.54) is 43.2 Å². The summed E-state index contributed by atoms with van der Waals surface area (Å²) in [4.78, 5) is 15.0. The molecule has 9 nitrogen and oxygen atoms in total. The number of hydrogen-bond acceptors (Lipinski definition) is 9. The molecule has 3 heterocycles. The maximum absolute atomic E-state index is 11.0. The van der Waals surface area contributed by atoms with Gasteiger partial charge in [-0.1, -0.05) is 56.1 Å². The van der Waals surface area contributed by atoms with Gasteiger partial charge in [0.25, 0.3) is 0 Å². The zero-order valence-electron chi connectivity index (χ0n) is 16.4. The van der Waals surface area contributed by atoms with E-state index in [1.807, 2.05) is 24.3 Å². The number of unbranched alkanes of at least 4 members (excludes halogenated alkanes) is 3. The number of nitro groups is 1. The van der Waals surface area contributed by atoms with Crippen LogP contribution in [0.5, 0.6) is 5.88 Å². The highest BCUT2D eigenvalue weighted by Crippen LogP contribution is 2.40. The van der Waals surface area contributed by atoms with Crippen molar-refractivity contribution in [3.63, 3.8) is 0 Å². The van der Waals surface area contributed by atoms with Gasteiger partial charge < -0.3 is 14.5 Å². The van der Waals surface area contributed by atoms with Gasteiger partial charge in [-0.2, -0.15) is 4.98 Å². The van der Waals surface area contributed by atoms with Gasteiger partial charge in [0.15, 0.2) is 11.5 Å². The SMILES string of the molecule is CCCCCCSc1nnc2c(n1)O[C@@H](c1ccc([N+](=O)[O-])o1)Nc1ccccc1-2. The first-order valence-electron chi connectivity index (χ1n) is 9.80. The van der Waals surface area contributed by atoms with Crippen molar-refractivity contribution in [2.45, 2.75) is 44.0 Å². The number of benzene rings is 1. The number of nitrogens with zero attached hydrogens (tertiary/aromatic N) is 4. The molecule has 10 heteroatoms. The lowest BCUT2D eigenvalue weighted by Crippen LogP contribution is -2.16. The van der Waals surface area contributed by atoms with Crippen LogP contribution in [0.2, 0.25) is 0 Å². The molecule has 1 aliphatic heterocycles.